The maximum atomic E-state index is 10.5. The van der Waals surface area contributed by atoms with Crippen molar-refractivity contribution in [3.8, 4) is 0 Å². The molecule has 0 fully saturated rings. The van der Waals surface area contributed by atoms with Gasteiger partial charge in [0.15, 0.2) is 0 Å². The van der Waals surface area contributed by atoms with Crippen LogP contribution in [0.4, 0.5) is 0 Å². The quantitative estimate of drug-likeness (QED) is 0.865. The van der Waals surface area contributed by atoms with Gasteiger partial charge in [0.25, 0.3) is 0 Å². The van der Waals surface area contributed by atoms with Gasteiger partial charge in [0, 0.05) is 4.47 Å². The number of rotatable bonds is 4. The highest BCUT2D eigenvalue weighted by molar-refractivity contribution is 9.10. The Hall–Kier alpha value is -0.870. The van der Waals surface area contributed by atoms with E-state index in [0.29, 0.717) is 12.8 Å². The Labute approximate surface area is 91.1 Å². The highest BCUT2D eigenvalue weighted by Gasteiger charge is 2.11. The lowest BCUT2D eigenvalue weighted by molar-refractivity contribution is -0.138. The average Bonchev–Trinajstić information content (AvgIpc) is 2.16. The molecule has 0 radical (unpaired) electrons. The van der Waals surface area contributed by atoms with Crippen molar-refractivity contribution >= 4 is 21.9 Å². The molecule has 14 heavy (non-hydrogen) atoms. The first kappa shape index (κ1) is 11.2. The molecule has 0 aliphatic carbocycles. The summed E-state index contributed by atoms with van der Waals surface area (Å²) in [7, 11) is 0. The van der Waals surface area contributed by atoms with E-state index in [1.165, 1.54) is 0 Å². The molecule has 0 unspecified atom stereocenters. The third-order valence-electron chi connectivity index (χ3n) is 2.00. The van der Waals surface area contributed by atoms with Gasteiger partial charge < -0.3 is 10.8 Å². The minimum absolute atomic E-state index is 0.456. The van der Waals surface area contributed by atoms with E-state index in [0.717, 1.165) is 10.0 Å². The van der Waals surface area contributed by atoms with E-state index < -0.39 is 12.0 Å². The summed E-state index contributed by atoms with van der Waals surface area (Å²) in [5, 5.41) is 8.59. The molecule has 0 saturated carbocycles. The number of carbonyl (C=O) groups is 1. The molecule has 3 N–H and O–H groups in total. The van der Waals surface area contributed by atoms with Crippen molar-refractivity contribution in [1.82, 2.24) is 0 Å². The Morgan fingerprint density at radius 2 is 2.14 bits per heavy atom. The summed E-state index contributed by atoms with van der Waals surface area (Å²) in [5.74, 6) is -0.947. The number of aliphatic carboxylic acids is 1. The number of carboxylic acids is 1. The molecule has 0 aliphatic heterocycles. The number of halogens is 1. The summed E-state index contributed by atoms with van der Waals surface area (Å²) in [5.41, 5.74) is 6.49. The molecule has 76 valence electrons. The van der Waals surface area contributed by atoms with Gasteiger partial charge in [-0.05, 0) is 24.5 Å². The summed E-state index contributed by atoms with van der Waals surface area (Å²) in [6.45, 7) is 0. The van der Waals surface area contributed by atoms with E-state index in [1.807, 2.05) is 24.3 Å². The lowest BCUT2D eigenvalue weighted by atomic mass is 10.1. The fraction of sp³-hybridized carbons (Fsp3) is 0.300. The van der Waals surface area contributed by atoms with Crippen molar-refractivity contribution in [2.45, 2.75) is 18.9 Å². The van der Waals surface area contributed by atoms with Crippen LogP contribution >= 0.6 is 15.9 Å². The zero-order chi connectivity index (χ0) is 10.6. The average molecular weight is 258 g/mol. The molecule has 4 heteroatoms. The molecule has 0 heterocycles. The van der Waals surface area contributed by atoms with E-state index in [9.17, 15) is 4.79 Å². The number of hydrogen-bond acceptors (Lipinski definition) is 2. The number of hydrogen-bond donors (Lipinski definition) is 2. The summed E-state index contributed by atoms with van der Waals surface area (Å²) in [6.07, 6.45) is 1.13. The van der Waals surface area contributed by atoms with Gasteiger partial charge in [-0.2, -0.15) is 0 Å². The summed E-state index contributed by atoms with van der Waals surface area (Å²) in [6, 6.07) is 6.96. The van der Waals surface area contributed by atoms with E-state index in [1.54, 1.807) is 0 Å². The van der Waals surface area contributed by atoms with Crippen LogP contribution < -0.4 is 5.73 Å². The zero-order valence-corrected chi connectivity index (χ0v) is 9.20. The molecule has 0 amide bonds. The second-order valence-electron chi connectivity index (χ2n) is 3.07. The molecular weight excluding hydrogens is 246 g/mol. The topological polar surface area (TPSA) is 63.3 Å². The highest BCUT2D eigenvalue weighted by Crippen LogP contribution is 2.17. The van der Waals surface area contributed by atoms with Crippen LogP contribution in [0.15, 0.2) is 28.7 Å². The third kappa shape index (κ3) is 3.12. The van der Waals surface area contributed by atoms with Crippen molar-refractivity contribution in [3.05, 3.63) is 34.3 Å². The van der Waals surface area contributed by atoms with Crippen molar-refractivity contribution < 1.29 is 9.90 Å². The Morgan fingerprint density at radius 3 is 2.71 bits per heavy atom. The predicted octanol–water partition coefficient (Wildman–Crippen LogP) is 1.79. The zero-order valence-electron chi connectivity index (χ0n) is 7.61. The van der Waals surface area contributed by atoms with Crippen LogP contribution in [-0.4, -0.2) is 17.1 Å². The minimum atomic E-state index is -0.947. The predicted molar refractivity (Wildman–Crippen MR) is 58.1 cm³/mol. The van der Waals surface area contributed by atoms with Gasteiger partial charge in [-0.3, -0.25) is 4.79 Å². The van der Waals surface area contributed by atoms with Crippen LogP contribution in [0.1, 0.15) is 12.0 Å². The van der Waals surface area contributed by atoms with Gasteiger partial charge >= 0.3 is 5.97 Å². The van der Waals surface area contributed by atoms with Gasteiger partial charge in [0.05, 0.1) is 0 Å². The fourth-order valence-electron chi connectivity index (χ4n) is 1.14. The number of benzene rings is 1. The second-order valence-corrected chi connectivity index (χ2v) is 3.93. The Kier molecular flexibility index (Phi) is 4.10. The smallest absolute Gasteiger partial charge is 0.320 e. The van der Waals surface area contributed by atoms with Crippen molar-refractivity contribution in [3.63, 3.8) is 0 Å². The number of nitrogens with two attached hydrogens (primary N) is 1. The standard InChI is InChI=1S/C10H12BrNO2/c11-8-4-2-1-3-7(8)5-6-9(12)10(13)14/h1-4,9H,5-6,12H2,(H,13,14)/t9-/m1/s1. The monoisotopic (exact) mass is 257 g/mol. The molecule has 1 aromatic rings. The molecule has 1 rings (SSSR count). The summed E-state index contributed by atoms with van der Waals surface area (Å²) in [4.78, 5) is 10.5. The first-order chi connectivity index (χ1) is 6.61. The van der Waals surface area contributed by atoms with Crippen molar-refractivity contribution in [2.24, 2.45) is 5.73 Å². The lowest BCUT2D eigenvalue weighted by Gasteiger charge is -2.07. The van der Waals surface area contributed by atoms with Crippen LogP contribution in [0.3, 0.4) is 0 Å². The van der Waals surface area contributed by atoms with Gasteiger partial charge in [-0.25, -0.2) is 0 Å². The van der Waals surface area contributed by atoms with E-state index in [-0.39, 0.29) is 0 Å². The number of carboxylic acid groups (broad SMARTS) is 1. The van der Waals surface area contributed by atoms with Gasteiger partial charge in [-0.1, -0.05) is 34.1 Å². The van der Waals surface area contributed by atoms with Crippen LogP contribution in [0.5, 0.6) is 0 Å². The molecule has 0 bridgehead atoms. The second kappa shape index (κ2) is 5.12. The molecule has 0 saturated heterocycles. The van der Waals surface area contributed by atoms with Gasteiger partial charge in [0.2, 0.25) is 0 Å². The van der Waals surface area contributed by atoms with Crippen LogP contribution in [-0.2, 0) is 11.2 Å². The van der Waals surface area contributed by atoms with Crippen LogP contribution in [0.2, 0.25) is 0 Å². The van der Waals surface area contributed by atoms with Gasteiger partial charge in [-0.15, -0.1) is 0 Å². The first-order valence-electron chi connectivity index (χ1n) is 4.33. The molecule has 3 nitrogen and oxygen atoms in total. The summed E-state index contributed by atoms with van der Waals surface area (Å²) >= 11 is 3.40. The first-order valence-corrected chi connectivity index (χ1v) is 5.12. The molecule has 0 spiro atoms. The SMILES string of the molecule is N[C@H](CCc1ccccc1Br)C(=O)O. The van der Waals surface area contributed by atoms with Crippen LogP contribution in [0, 0.1) is 0 Å². The van der Waals surface area contributed by atoms with Crippen molar-refractivity contribution in [1.29, 1.82) is 0 Å². The third-order valence-corrected chi connectivity index (χ3v) is 2.77. The summed E-state index contributed by atoms with van der Waals surface area (Å²) < 4.78 is 0.998. The highest BCUT2D eigenvalue weighted by atomic mass is 79.9. The van der Waals surface area contributed by atoms with Crippen molar-refractivity contribution in [2.75, 3.05) is 0 Å². The molecule has 0 aliphatic rings. The Bertz CT molecular complexity index is 328. The number of aryl methyl sites for hydroxylation is 1. The Balaban J connectivity index is 2.54. The van der Waals surface area contributed by atoms with E-state index in [4.69, 9.17) is 10.8 Å². The molecule has 1 aromatic carbocycles. The van der Waals surface area contributed by atoms with E-state index in [2.05, 4.69) is 15.9 Å². The fourth-order valence-corrected chi connectivity index (χ4v) is 1.62. The largest absolute Gasteiger partial charge is 0.480 e. The van der Waals surface area contributed by atoms with E-state index >= 15 is 0 Å². The van der Waals surface area contributed by atoms with Gasteiger partial charge in [0.1, 0.15) is 6.04 Å². The maximum absolute atomic E-state index is 10.5. The normalized spacial score (nSPS) is 12.4. The molecule has 0 aromatic heterocycles. The molecular formula is C10H12BrNO2. The minimum Gasteiger partial charge on any atom is -0.480 e. The maximum Gasteiger partial charge on any atom is 0.320 e. The van der Waals surface area contributed by atoms with Crippen LogP contribution in [0.25, 0.3) is 0 Å². The molecule has 1 atom stereocenters. The Morgan fingerprint density at radius 1 is 1.50 bits per heavy atom. The lowest BCUT2D eigenvalue weighted by Crippen LogP contribution is -2.30.